The zero-order valence-corrected chi connectivity index (χ0v) is 36.1. The van der Waals surface area contributed by atoms with Crippen molar-refractivity contribution in [2.45, 2.75) is 0 Å². The van der Waals surface area contributed by atoms with E-state index in [4.69, 9.17) is 4.42 Å². The van der Waals surface area contributed by atoms with Crippen LogP contribution in [0.5, 0.6) is 0 Å². The number of fused-ring (bicyclic) bond motifs is 6. The summed E-state index contributed by atoms with van der Waals surface area (Å²) in [7, 11) is 0. The molecule has 1 heterocycles. The minimum Gasteiger partial charge on any atom is -0.456 e. The number of furan rings is 1. The molecule has 0 aliphatic carbocycles. The fourth-order valence-corrected chi connectivity index (χ4v) is 9.52. The molecule has 0 radical (unpaired) electrons. The molecule has 1 aromatic heterocycles. The molecule has 0 amide bonds. The Morgan fingerprint density at radius 1 is 0.227 bits per heavy atom. The fourth-order valence-electron chi connectivity index (χ4n) is 9.52. The van der Waals surface area contributed by atoms with E-state index in [-0.39, 0.29) is 0 Å². The summed E-state index contributed by atoms with van der Waals surface area (Å²) in [4.78, 5) is 7.16. The summed E-state index contributed by atoms with van der Waals surface area (Å²) in [5.74, 6) is 0. The second kappa shape index (κ2) is 16.7. The Kier molecular flexibility index (Phi) is 9.81. The van der Waals surface area contributed by atoms with Crippen molar-refractivity contribution < 1.29 is 4.42 Å². The average molecular weight is 846 g/mol. The molecule has 12 aromatic rings. The topological polar surface area (TPSA) is 22.9 Å². The first-order valence-corrected chi connectivity index (χ1v) is 22.4. The molecule has 0 spiro atoms. The van der Waals surface area contributed by atoms with E-state index >= 15 is 0 Å². The Balaban J connectivity index is 1.12. The molecule has 11 aromatic carbocycles. The minimum absolute atomic E-state index is 0.890. The summed E-state index contributed by atoms with van der Waals surface area (Å²) >= 11 is 0. The summed E-state index contributed by atoms with van der Waals surface area (Å²) in [6.07, 6.45) is 0. The standard InChI is InChI=1S/C62H43N3O/c1-5-20-47(21-6-1)63(48-22-7-2-8-23-48)52-41-53(64(49-24-9-3-10-25-49)50-26-11-4-12-27-50)43-54(42-52)65(60-40-46-19-13-14-28-55(46)56-29-15-16-30-57(56)60)51-36-33-44(34-37-51)45-35-38-62-59(39-45)58-31-17-18-32-61(58)66-62/h1-43H. The van der Waals surface area contributed by atoms with E-state index in [1.807, 2.05) is 12.1 Å². The Bertz CT molecular complexity index is 3470. The first kappa shape index (κ1) is 38.8. The van der Waals surface area contributed by atoms with Crippen molar-refractivity contribution in [1.82, 2.24) is 0 Å². The number of anilines is 9. The molecule has 4 nitrogen and oxygen atoms in total. The van der Waals surface area contributed by atoms with E-state index < -0.39 is 0 Å². The maximum Gasteiger partial charge on any atom is 0.135 e. The van der Waals surface area contributed by atoms with Crippen LogP contribution in [0, 0.1) is 0 Å². The van der Waals surface area contributed by atoms with E-state index in [9.17, 15) is 0 Å². The van der Waals surface area contributed by atoms with E-state index in [0.29, 0.717) is 0 Å². The van der Waals surface area contributed by atoms with Crippen LogP contribution < -0.4 is 14.7 Å². The number of hydrogen-bond acceptors (Lipinski definition) is 4. The van der Waals surface area contributed by atoms with Crippen molar-refractivity contribution in [1.29, 1.82) is 0 Å². The van der Waals surface area contributed by atoms with Crippen LogP contribution in [0.1, 0.15) is 0 Å². The van der Waals surface area contributed by atoms with Crippen molar-refractivity contribution >= 4 is 94.7 Å². The number of para-hydroxylation sites is 5. The normalized spacial score (nSPS) is 11.3. The molecule has 0 saturated carbocycles. The van der Waals surface area contributed by atoms with E-state index in [1.54, 1.807) is 0 Å². The molecule has 0 unspecified atom stereocenters. The lowest BCUT2D eigenvalue weighted by Crippen LogP contribution is -2.16. The molecule has 0 aliphatic rings. The molecule has 0 bridgehead atoms. The Hall–Kier alpha value is -8.86. The lowest BCUT2D eigenvalue weighted by atomic mass is 9.98. The number of benzene rings is 11. The van der Waals surface area contributed by atoms with Gasteiger partial charge in [-0.25, -0.2) is 0 Å². The molecule has 0 N–H and O–H groups in total. The second-order valence-electron chi connectivity index (χ2n) is 16.6. The molecular weight excluding hydrogens is 803 g/mol. The van der Waals surface area contributed by atoms with E-state index in [0.717, 1.165) is 89.6 Å². The van der Waals surface area contributed by atoms with Gasteiger partial charge < -0.3 is 19.1 Å². The van der Waals surface area contributed by atoms with Gasteiger partial charge >= 0.3 is 0 Å². The molecule has 0 atom stereocenters. The molecule has 4 heteroatoms. The van der Waals surface area contributed by atoms with Gasteiger partial charge in [0, 0.05) is 44.6 Å². The fraction of sp³-hybridized carbons (Fsp3) is 0. The van der Waals surface area contributed by atoms with E-state index in [2.05, 4.69) is 263 Å². The van der Waals surface area contributed by atoms with Crippen LogP contribution in [0.2, 0.25) is 0 Å². The van der Waals surface area contributed by atoms with Crippen molar-refractivity contribution in [3.8, 4) is 11.1 Å². The largest absolute Gasteiger partial charge is 0.456 e. The minimum atomic E-state index is 0.890. The van der Waals surface area contributed by atoms with Crippen molar-refractivity contribution in [3.63, 3.8) is 0 Å². The first-order chi connectivity index (χ1) is 32.7. The van der Waals surface area contributed by atoms with Crippen LogP contribution in [0.4, 0.5) is 51.2 Å². The molecule has 66 heavy (non-hydrogen) atoms. The van der Waals surface area contributed by atoms with Crippen LogP contribution >= 0.6 is 0 Å². The summed E-state index contributed by atoms with van der Waals surface area (Å²) in [5, 5.41) is 7.00. The Morgan fingerprint density at radius 3 is 1.20 bits per heavy atom. The SMILES string of the molecule is c1ccc(N(c2ccccc2)c2cc(N(c3ccccc3)c3ccccc3)cc(N(c3ccc(-c4ccc5oc6ccccc6c5c4)cc3)c3cc4ccccc4c4ccccc34)c2)cc1. The molecule has 0 saturated heterocycles. The quantitative estimate of drug-likeness (QED) is 0.128. The van der Waals surface area contributed by atoms with Gasteiger partial charge in [0.05, 0.1) is 22.7 Å². The molecular formula is C62H43N3O. The highest BCUT2D eigenvalue weighted by molar-refractivity contribution is 6.15. The monoisotopic (exact) mass is 845 g/mol. The van der Waals surface area contributed by atoms with Gasteiger partial charge in [0.15, 0.2) is 0 Å². The number of hydrogen-bond donors (Lipinski definition) is 0. The Labute approximate surface area is 384 Å². The summed E-state index contributed by atoms with van der Waals surface area (Å²) < 4.78 is 6.21. The summed E-state index contributed by atoms with van der Waals surface area (Å²) in [6, 6.07) is 93.3. The summed E-state index contributed by atoms with van der Waals surface area (Å²) in [5.41, 5.74) is 13.5. The highest BCUT2D eigenvalue weighted by atomic mass is 16.3. The third-order valence-corrected chi connectivity index (χ3v) is 12.5. The van der Waals surface area contributed by atoms with Gasteiger partial charge in [-0.1, -0.05) is 158 Å². The maximum absolute atomic E-state index is 6.21. The smallest absolute Gasteiger partial charge is 0.135 e. The third-order valence-electron chi connectivity index (χ3n) is 12.5. The zero-order valence-electron chi connectivity index (χ0n) is 36.1. The predicted octanol–water partition coefficient (Wildman–Crippen LogP) is 18.0. The highest BCUT2D eigenvalue weighted by Gasteiger charge is 2.24. The van der Waals surface area contributed by atoms with Crippen LogP contribution in [-0.4, -0.2) is 0 Å². The highest BCUT2D eigenvalue weighted by Crippen LogP contribution is 2.48. The van der Waals surface area contributed by atoms with Crippen LogP contribution in [0.25, 0.3) is 54.6 Å². The van der Waals surface area contributed by atoms with Crippen LogP contribution in [-0.2, 0) is 0 Å². The summed E-state index contributed by atoms with van der Waals surface area (Å²) in [6.45, 7) is 0. The average Bonchev–Trinajstić information content (AvgIpc) is 3.76. The zero-order chi connectivity index (χ0) is 43.8. The molecule has 0 aliphatic heterocycles. The Morgan fingerprint density at radius 2 is 0.636 bits per heavy atom. The van der Waals surface area contributed by atoms with Crippen LogP contribution in [0.3, 0.4) is 0 Å². The predicted molar refractivity (Wildman–Crippen MR) is 278 cm³/mol. The van der Waals surface area contributed by atoms with Crippen molar-refractivity contribution in [2.75, 3.05) is 14.7 Å². The van der Waals surface area contributed by atoms with Gasteiger partial charge in [-0.15, -0.1) is 0 Å². The van der Waals surface area contributed by atoms with Crippen molar-refractivity contribution in [3.05, 3.63) is 261 Å². The molecule has 0 fully saturated rings. The van der Waals surface area contributed by atoms with E-state index in [1.165, 1.54) is 16.2 Å². The number of rotatable bonds is 10. The van der Waals surface area contributed by atoms with Crippen molar-refractivity contribution in [2.24, 2.45) is 0 Å². The second-order valence-corrected chi connectivity index (χ2v) is 16.6. The molecule has 12 rings (SSSR count). The van der Waals surface area contributed by atoms with Gasteiger partial charge in [0.25, 0.3) is 0 Å². The van der Waals surface area contributed by atoms with Gasteiger partial charge in [0.1, 0.15) is 11.2 Å². The van der Waals surface area contributed by atoms with Gasteiger partial charge in [-0.05, 0) is 130 Å². The molecule has 312 valence electrons. The van der Waals surface area contributed by atoms with Gasteiger partial charge in [-0.2, -0.15) is 0 Å². The van der Waals surface area contributed by atoms with Gasteiger partial charge in [-0.3, -0.25) is 0 Å². The number of nitrogens with zero attached hydrogens (tertiary/aromatic N) is 3. The van der Waals surface area contributed by atoms with Gasteiger partial charge in [0.2, 0.25) is 0 Å². The third kappa shape index (κ3) is 7.08. The maximum atomic E-state index is 6.21. The van der Waals surface area contributed by atoms with Crippen LogP contribution in [0.15, 0.2) is 265 Å². The lowest BCUT2D eigenvalue weighted by molar-refractivity contribution is 0.669. The lowest BCUT2D eigenvalue weighted by Gasteiger charge is -2.33. The first-order valence-electron chi connectivity index (χ1n) is 22.4.